The van der Waals surface area contributed by atoms with Crippen LogP contribution in [0.1, 0.15) is 28.4 Å². The Labute approximate surface area is 136 Å². The minimum absolute atomic E-state index is 0.0723. The summed E-state index contributed by atoms with van der Waals surface area (Å²) < 4.78 is 0. The van der Waals surface area contributed by atoms with Gasteiger partial charge in [0.05, 0.1) is 0 Å². The number of amides is 2. The first-order valence-corrected chi connectivity index (χ1v) is 7.83. The fourth-order valence-electron chi connectivity index (χ4n) is 2.96. The van der Waals surface area contributed by atoms with Crippen LogP contribution in [0.15, 0.2) is 48.5 Å². The van der Waals surface area contributed by atoms with Crippen molar-refractivity contribution in [2.75, 3.05) is 11.4 Å². The van der Waals surface area contributed by atoms with E-state index in [-0.39, 0.29) is 11.8 Å². The third-order valence-corrected chi connectivity index (χ3v) is 4.26. The van der Waals surface area contributed by atoms with E-state index in [0.29, 0.717) is 12.1 Å². The predicted molar refractivity (Wildman–Crippen MR) is 90.6 cm³/mol. The van der Waals surface area contributed by atoms with E-state index in [9.17, 15) is 9.59 Å². The van der Waals surface area contributed by atoms with Crippen molar-refractivity contribution in [2.45, 2.75) is 26.3 Å². The van der Waals surface area contributed by atoms with Crippen molar-refractivity contribution in [1.29, 1.82) is 0 Å². The Morgan fingerprint density at radius 1 is 1.09 bits per heavy atom. The molecule has 0 saturated carbocycles. The number of nitrogens with one attached hydrogen (secondary N) is 1. The molecule has 0 spiro atoms. The SMILES string of the molecule is Cc1ccccc1C(=O)N[C@@H](C)C(=O)N1CCc2ccccc21. The summed E-state index contributed by atoms with van der Waals surface area (Å²) in [6, 6.07) is 14.7. The summed E-state index contributed by atoms with van der Waals surface area (Å²) in [5, 5.41) is 2.81. The molecule has 0 bridgehead atoms. The molecule has 0 fully saturated rings. The van der Waals surface area contributed by atoms with Gasteiger partial charge in [-0.2, -0.15) is 0 Å². The molecule has 4 nitrogen and oxygen atoms in total. The second-order valence-corrected chi connectivity index (χ2v) is 5.88. The summed E-state index contributed by atoms with van der Waals surface area (Å²) in [5.41, 5.74) is 3.64. The fourth-order valence-corrected chi connectivity index (χ4v) is 2.96. The van der Waals surface area contributed by atoms with E-state index < -0.39 is 6.04 Å². The molecule has 118 valence electrons. The van der Waals surface area contributed by atoms with Gasteiger partial charge in [0.15, 0.2) is 0 Å². The van der Waals surface area contributed by atoms with Crippen LogP contribution in [0.5, 0.6) is 0 Å². The topological polar surface area (TPSA) is 49.4 Å². The number of para-hydroxylation sites is 1. The van der Waals surface area contributed by atoms with Crippen molar-refractivity contribution in [3.05, 3.63) is 65.2 Å². The molecule has 0 radical (unpaired) electrons. The first-order valence-electron chi connectivity index (χ1n) is 7.83. The highest BCUT2D eigenvalue weighted by molar-refractivity contribution is 6.03. The summed E-state index contributed by atoms with van der Waals surface area (Å²) in [4.78, 5) is 26.8. The second-order valence-electron chi connectivity index (χ2n) is 5.88. The number of fused-ring (bicyclic) bond motifs is 1. The summed E-state index contributed by atoms with van der Waals surface area (Å²) >= 11 is 0. The van der Waals surface area contributed by atoms with Crippen molar-refractivity contribution < 1.29 is 9.59 Å². The molecule has 2 aromatic carbocycles. The number of carbonyl (C=O) groups excluding carboxylic acids is 2. The van der Waals surface area contributed by atoms with E-state index in [2.05, 4.69) is 5.32 Å². The summed E-state index contributed by atoms with van der Waals surface area (Å²) in [7, 11) is 0. The van der Waals surface area contributed by atoms with Gasteiger partial charge in [-0.25, -0.2) is 0 Å². The quantitative estimate of drug-likeness (QED) is 0.948. The van der Waals surface area contributed by atoms with Crippen LogP contribution in [0, 0.1) is 6.92 Å². The number of hydrogen-bond donors (Lipinski definition) is 1. The van der Waals surface area contributed by atoms with Gasteiger partial charge in [-0.05, 0) is 43.5 Å². The Hall–Kier alpha value is -2.62. The molecule has 0 saturated heterocycles. The maximum absolute atomic E-state index is 12.7. The number of anilines is 1. The highest BCUT2D eigenvalue weighted by atomic mass is 16.2. The van der Waals surface area contributed by atoms with Gasteiger partial charge in [0, 0.05) is 17.8 Å². The Bertz CT molecular complexity index is 755. The number of carbonyl (C=O) groups is 2. The lowest BCUT2D eigenvalue weighted by molar-refractivity contribution is -0.119. The van der Waals surface area contributed by atoms with Crippen molar-refractivity contribution in [3.8, 4) is 0 Å². The Morgan fingerprint density at radius 3 is 2.57 bits per heavy atom. The second kappa shape index (κ2) is 6.24. The number of rotatable bonds is 3. The van der Waals surface area contributed by atoms with Crippen LogP contribution in [0.3, 0.4) is 0 Å². The molecule has 1 heterocycles. The molecule has 0 aromatic heterocycles. The maximum atomic E-state index is 12.7. The minimum atomic E-state index is -0.562. The number of nitrogens with zero attached hydrogens (tertiary/aromatic N) is 1. The van der Waals surface area contributed by atoms with Gasteiger partial charge in [-0.1, -0.05) is 36.4 Å². The largest absolute Gasteiger partial charge is 0.340 e. The lowest BCUT2D eigenvalue weighted by atomic mass is 10.1. The zero-order chi connectivity index (χ0) is 16.4. The van der Waals surface area contributed by atoms with Gasteiger partial charge in [0.2, 0.25) is 5.91 Å². The molecular weight excluding hydrogens is 288 g/mol. The van der Waals surface area contributed by atoms with Crippen molar-refractivity contribution in [1.82, 2.24) is 5.32 Å². The number of hydrogen-bond acceptors (Lipinski definition) is 2. The zero-order valence-electron chi connectivity index (χ0n) is 13.4. The van der Waals surface area contributed by atoms with E-state index in [0.717, 1.165) is 17.7 Å². The van der Waals surface area contributed by atoms with E-state index in [4.69, 9.17) is 0 Å². The van der Waals surface area contributed by atoms with Gasteiger partial charge in [0.25, 0.3) is 5.91 Å². The van der Waals surface area contributed by atoms with Crippen molar-refractivity contribution >= 4 is 17.5 Å². The molecule has 1 aliphatic heterocycles. The first kappa shape index (κ1) is 15.3. The third kappa shape index (κ3) is 2.97. The average molecular weight is 308 g/mol. The standard InChI is InChI=1S/C19H20N2O2/c1-13-7-3-5-9-16(13)18(22)20-14(2)19(23)21-12-11-15-8-4-6-10-17(15)21/h3-10,14H,11-12H2,1-2H3,(H,20,22)/t14-/m0/s1. The van der Waals surface area contributed by atoms with Gasteiger partial charge in [-0.15, -0.1) is 0 Å². The first-order chi connectivity index (χ1) is 11.1. The molecule has 4 heteroatoms. The van der Waals surface area contributed by atoms with Crippen molar-refractivity contribution in [3.63, 3.8) is 0 Å². The average Bonchev–Trinajstić information content (AvgIpc) is 2.98. The van der Waals surface area contributed by atoms with Crippen LogP contribution < -0.4 is 10.2 Å². The van der Waals surface area contributed by atoms with Crippen LogP contribution in [0.4, 0.5) is 5.69 Å². The molecule has 0 unspecified atom stereocenters. The molecule has 0 aliphatic carbocycles. The predicted octanol–water partition coefficient (Wildman–Crippen LogP) is 2.70. The zero-order valence-corrected chi connectivity index (χ0v) is 13.4. The van der Waals surface area contributed by atoms with Gasteiger partial charge < -0.3 is 10.2 Å². The molecule has 23 heavy (non-hydrogen) atoms. The molecule has 1 atom stereocenters. The Morgan fingerprint density at radius 2 is 1.78 bits per heavy atom. The van der Waals surface area contributed by atoms with Gasteiger partial charge in [0.1, 0.15) is 6.04 Å². The third-order valence-electron chi connectivity index (χ3n) is 4.26. The van der Waals surface area contributed by atoms with Crippen LogP contribution in [0.25, 0.3) is 0 Å². The molecule has 1 aliphatic rings. The molecule has 1 N–H and O–H groups in total. The van der Waals surface area contributed by atoms with Crippen LogP contribution in [0.2, 0.25) is 0 Å². The van der Waals surface area contributed by atoms with Crippen LogP contribution in [-0.4, -0.2) is 24.4 Å². The fraction of sp³-hybridized carbons (Fsp3) is 0.263. The molecule has 3 rings (SSSR count). The normalized spacial score (nSPS) is 14.3. The van der Waals surface area contributed by atoms with E-state index >= 15 is 0 Å². The van der Waals surface area contributed by atoms with Gasteiger partial charge in [-0.3, -0.25) is 9.59 Å². The number of aryl methyl sites for hydroxylation is 1. The maximum Gasteiger partial charge on any atom is 0.252 e. The highest BCUT2D eigenvalue weighted by Crippen LogP contribution is 2.27. The van der Waals surface area contributed by atoms with Crippen molar-refractivity contribution in [2.24, 2.45) is 0 Å². The summed E-state index contributed by atoms with van der Waals surface area (Å²) in [5.74, 6) is -0.284. The van der Waals surface area contributed by atoms with Gasteiger partial charge >= 0.3 is 0 Å². The Kier molecular flexibility index (Phi) is 4.15. The molecule has 2 amide bonds. The lowest BCUT2D eigenvalue weighted by Gasteiger charge is -2.22. The summed E-state index contributed by atoms with van der Waals surface area (Å²) in [6.45, 7) is 4.29. The number of benzene rings is 2. The van der Waals surface area contributed by atoms with Crippen LogP contribution in [-0.2, 0) is 11.2 Å². The molecular formula is C19H20N2O2. The Balaban J connectivity index is 1.72. The molecule has 2 aromatic rings. The minimum Gasteiger partial charge on any atom is -0.340 e. The van der Waals surface area contributed by atoms with E-state index in [1.54, 1.807) is 17.9 Å². The summed E-state index contributed by atoms with van der Waals surface area (Å²) in [6.07, 6.45) is 0.861. The van der Waals surface area contributed by atoms with E-state index in [1.807, 2.05) is 49.4 Å². The van der Waals surface area contributed by atoms with Crippen LogP contribution >= 0.6 is 0 Å². The van der Waals surface area contributed by atoms with E-state index in [1.165, 1.54) is 5.56 Å². The lowest BCUT2D eigenvalue weighted by Crippen LogP contribution is -2.46. The smallest absolute Gasteiger partial charge is 0.252 e. The highest BCUT2D eigenvalue weighted by Gasteiger charge is 2.28. The monoisotopic (exact) mass is 308 g/mol.